The SMILES string of the molecule is Br.c1ccc2c(c1)N1CCCC23CCCCC13. The standard InChI is InChI=1S/C15H19N.BrH/c1-2-7-13-12(6-1)15-9-4-3-8-14(15)16(13)11-5-10-15;/h1-2,6-7,14H,3-5,8-11H2;1H. The number of halogens is 1. The van der Waals surface area contributed by atoms with E-state index in [0.717, 1.165) is 6.04 Å². The third kappa shape index (κ3) is 1.36. The highest BCUT2D eigenvalue weighted by atomic mass is 79.9. The van der Waals surface area contributed by atoms with E-state index in [-0.39, 0.29) is 17.0 Å². The van der Waals surface area contributed by atoms with Crippen molar-refractivity contribution >= 4 is 22.7 Å². The van der Waals surface area contributed by atoms with Crippen molar-refractivity contribution in [1.29, 1.82) is 0 Å². The number of rotatable bonds is 0. The molecule has 2 atom stereocenters. The molecule has 1 nitrogen and oxygen atoms in total. The maximum Gasteiger partial charge on any atom is 0.0408 e. The molecule has 0 amide bonds. The maximum atomic E-state index is 2.72. The second kappa shape index (κ2) is 4.01. The smallest absolute Gasteiger partial charge is 0.0408 e. The highest BCUT2D eigenvalue weighted by Gasteiger charge is 2.53. The molecule has 0 spiro atoms. The van der Waals surface area contributed by atoms with Crippen LogP contribution in [0.3, 0.4) is 0 Å². The number of piperidine rings is 1. The van der Waals surface area contributed by atoms with Gasteiger partial charge in [0.05, 0.1) is 0 Å². The number of hydrogen-bond donors (Lipinski definition) is 0. The first-order valence-electron chi connectivity index (χ1n) is 6.78. The van der Waals surface area contributed by atoms with E-state index in [4.69, 9.17) is 0 Å². The minimum atomic E-state index is 0. The molecule has 1 aromatic rings. The molecule has 1 saturated heterocycles. The topological polar surface area (TPSA) is 3.24 Å². The molecule has 1 saturated carbocycles. The van der Waals surface area contributed by atoms with Gasteiger partial charge < -0.3 is 4.90 Å². The predicted molar refractivity (Wildman–Crippen MR) is 77.3 cm³/mol. The molecule has 92 valence electrons. The molecule has 1 aromatic carbocycles. The molecule has 1 aliphatic carbocycles. The van der Waals surface area contributed by atoms with Gasteiger partial charge in [-0.3, -0.25) is 0 Å². The van der Waals surface area contributed by atoms with Crippen molar-refractivity contribution in [2.75, 3.05) is 11.4 Å². The van der Waals surface area contributed by atoms with Gasteiger partial charge in [-0.05, 0) is 37.3 Å². The summed E-state index contributed by atoms with van der Waals surface area (Å²) in [5.74, 6) is 0. The quantitative estimate of drug-likeness (QED) is 0.697. The van der Waals surface area contributed by atoms with Crippen LogP contribution >= 0.6 is 17.0 Å². The molecule has 4 rings (SSSR count). The van der Waals surface area contributed by atoms with Crippen LogP contribution in [0.5, 0.6) is 0 Å². The number of anilines is 1. The molecule has 2 fully saturated rings. The van der Waals surface area contributed by atoms with E-state index in [1.807, 2.05) is 0 Å². The Balaban J connectivity index is 0.000000902. The Morgan fingerprint density at radius 1 is 1.06 bits per heavy atom. The van der Waals surface area contributed by atoms with Crippen molar-refractivity contribution in [3.63, 3.8) is 0 Å². The van der Waals surface area contributed by atoms with Gasteiger partial charge in [-0.1, -0.05) is 31.0 Å². The van der Waals surface area contributed by atoms with Crippen LogP contribution in [0.2, 0.25) is 0 Å². The predicted octanol–water partition coefficient (Wildman–Crippen LogP) is 4.06. The summed E-state index contributed by atoms with van der Waals surface area (Å²) < 4.78 is 0. The third-order valence-electron chi connectivity index (χ3n) is 5.14. The van der Waals surface area contributed by atoms with Gasteiger partial charge in [0.2, 0.25) is 0 Å². The van der Waals surface area contributed by atoms with Gasteiger partial charge in [-0.25, -0.2) is 0 Å². The molecule has 2 unspecified atom stereocenters. The lowest BCUT2D eigenvalue weighted by Crippen LogP contribution is -2.51. The van der Waals surface area contributed by atoms with E-state index in [1.165, 1.54) is 45.1 Å². The summed E-state index contributed by atoms with van der Waals surface area (Å²) >= 11 is 0. The number of nitrogens with zero attached hydrogens (tertiary/aromatic N) is 1. The van der Waals surface area contributed by atoms with Crippen molar-refractivity contribution in [1.82, 2.24) is 0 Å². The third-order valence-corrected chi connectivity index (χ3v) is 5.14. The molecule has 0 N–H and O–H groups in total. The molecular weight excluding hydrogens is 274 g/mol. The molecule has 2 bridgehead atoms. The first-order valence-corrected chi connectivity index (χ1v) is 6.78. The van der Waals surface area contributed by atoms with Gasteiger partial charge in [0, 0.05) is 23.7 Å². The molecule has 17 heavy (non-hydrogen) atoms. The van der Waals surface area contributed by atoms with Crippen molar-refractivity contribution in [2.45, 2.75) is 50.0 Å². The molecule has 2 heterocycles. The van der Waals surface area contributed by atoms with Gasteiger partial charge in [0.1, 0.15) is 0 Å². The van der Waals surface area contributed by atoms with Crippen LogP contribution < -0.4 is 4.90 Å². The summed E-state index contributed by atoms with van der Waals surface area (Å²) in [4.78, 5) is 2.72. The summed E-state index contributed by atoms with van der Waals surface area (Å²) in [6.45, 7) is 1.30. The van der Waals surface area contributed by atoms with Crippen molar-refractivity contribution in [3.8, 4) is 0 Å². The van der Waals surface area contributed by atoms with Gasteiger partial charge in [-0.15, -0.1) is 17.0 Å². The minimum absolute atomic E-state index is 0. The van der Waals surface area contributed by atoms with Gasteiger partial charge in [-0.2, -0.15) is 0 Å². The zero-order chi connectivity index (χ0) is 10.6. The van der Waals surface area contributed by atoms with Crippen LogP contribution in [-0.2, 0) is 5.41 Å². The van der Waals surface area contributed by atoms with Crippen LogP contribution in [0, 0.1) is 0 Å². The van der Waals surface area contributed by atoms with Gasteiger partial charge >= 0.3 is 0 Å². The first kappa shape index (κ1) is 11.6. The van der Waals surface area contributed by atoms with Crippen molar-refractivity contribution < 1.29 is 0 Å². The number of hydrogen-bond acceptors (Lipinski definition) is 1. The average molecular weight is 294 g/mol. The molecule has 2 aliphatic heterocycles. The fraction of sp³-hybridized carbons (Fsp3) is 0.600. The molecule has 0 radical (unpaired) electrons. The largest absolute Gasteiger partial charge is 0.367 e. The van der Waals surface area contributed by atoms with Crippen LogP contribution in [0.25, 0.3) is 0 Å². The first-order chi connectivity index (χ1) is 7.92. The normalized spacial score (nSPS) is 33.6. The minimum Gasteiger partial charge on any atom is -0.367 e. The van der Waals surface area contributed by atoms with Gasteiger partial charge in [0.25, 0.3) is 0 Å². The van der Waals surface area contributed by atoms with Crippen molar-refractivity contribution in [2.24, 2.45) is 0 Å². The molecule has 3 aliphatic rings. The van der Waals surface area contributed by atoms with E-state index >= 15 is 0 Å². The van der Waals surface area contributed by atoms with Crippen LogP contribution in [0.15, 0.2) is 24.3 Å². The Labute approximate surface area is 114 Å². The lowest BCUT2D eigenvalue weighted by atomic mass is 9.64. The zero-order valence-corrected chi connectivity index (χ0v) is 11.9. The second-order valence-corrected chi connectivity index (χ2v) is 5.73. The fourth-order valence-electron chi connectivity index (χ4n) is 4.57. The number of fused-ring (bicyclic) bond motifs is 2. The zero-order valence-electron chi connectivity index (χ0n) is 10.2. The Hall–Kier alpha value is -0.500. The number of para-hydroxylation sites is 1. The fourth-order valence-corrected chi connectivity index (χ4v) is 4.57. The van der Waals surface area contributed by atoms with E-state index in [9.17, 15) is 0 Å². The highest BCUT2D eigenvalue weighted by Crippen LogP contribution is 2.56. The lowest BCUT2D eigenvalue weighted by molar-refractivity contribution is 0.212. The number of benzene rings is 1. The summed E-state index contributed by atoms with van der Waals surface area (Å²) in [7, 11) is 0. The van der Waals surface area contributed by atoms with E-state index < -0.39 is 0 Å². The van der Waals surface area contributed by atoms with Crippen LogP contribution in [0.1, 0.15) is 44.1 Å². The Morgan fingerprint density at radius 2 is 1.88 bits per heavy atom. The molecule has 2 heteroatoms. The Kier molecular flexibility index (Phi) is 2.73. The highest BCUT2D eigenvalue weighted by molar-refractivity contribution is 8.93. The summed E-state index contributed by atoms with van der Waals surface area (Å²) in [6.07, 6.45) is 8.58. The van der Waals surface area contributed by atoms with Gasteiger partial charge in [0.15, 0.2) is 0 Å². The summed E-state index contributed by atoms with van der Waals surface area (Å²) in [6, 6.07) is 10.0. The van der Waals surface area contributed by atoms with Crippen LogP contribution in [-0.4, -0.2) is 12.6 Å². The summed E-state index contributed by atoms with van der Waals surface area (Å²) in [5, 5.41) is 0. The Morgan fingerprint density at radius 3 is 2.82 bits per heavy atom. The van der Waals surface area contributed by atoms with Crippen molar-refractivity contribution in [3.05, 3.63) is 29.8 Å². The second-order valence-electron chi connectivity index (χ2n) is 5.73. The molecule has 0 aromatic heterocycles. The van der Waals surface area contributed by atoms with E-state index in [2.05, 4.69) is 29.2 Å². The maximum absolute atomic E-state index is 2.72. The molecular formula is C15H20BrN. The van der Waals surface area contributed by atoms with E-state index in [0.29, 0.717) is 5.41 Å². The Bertz CT molecular complexity index is 427. The lowest BCUT2D eigenvalue weighted by Gasteiger charge is -2.46. The van der Waals surface area contributed by atoms with Crippen LogP contribution in [0.4, 0.5) is 5.69 Å². The van der Waals surface area contributed by atoms with E-state index in [1.54, 1.807) is 11.3 Å². The summed E-state index contributed by atoms with van der Waals surface area (Å²) in [5.41, 5.74) is 3.79. The average Bonchev–Trinajstić information content (AvgIpc) is 2.54. The monoisotopic (exact) mass is 293 g/mol.